The molecular weight excluding hydrogens is 367 g/mol. The Hall–Kier alpha value is -2.51. The lowest BCUT2D eigenvalue weighted by Gasteiger charge is -2.09. The summed E-state index contributed by atoms with van der Waals surface area (Å²) in [6.07, 6.45) is -4.55. The largest absolute Gasteiger partial charge is 0.492 e. The van der Waals surface area contributed by atoms with Crippen molar-refractivity contribution < 1.29 is 17.9 Å². The minimum absolute atomic E-state index is 0.310. The predicted molar refractivity (Wildman–Crippen MR) is 93.6 cm³/mol. The fourth-order valence-electron chi connectivity index (χ4n) is 2.40. The third kappa shape index (κ3) is 4.00. The molecule has 26 heavy (non-hydrogen) atoms. The number of ether oxygens (including phenoxy) is 1. The summed E-state index contributed by atoms with van der Waals surface area (Å²) in [5.41, 5.74) is 5.77. The first kappa shape index (κ1) is 18.3. The van der Waals surface area contributed by atoms with E-state index >= 15 is 0 Å². The molecule has 0 aliphatic heterocycles. The van der Waals surface area contributed by atoms with Gasteiger partial charge in [0.25, 0.3) is 0 Å². The van der Waals surface area contributed by atoms with Crippen molar-refractivity contribution in [3.05, 3.63) is 65.3 Å². The van der Waals surface area contributed by atoms with Crippen LogP contribution in [0.5, 0.6) is 5.75 Å². The van der Waals surface area contributed by atoms with Gasteiger partial charge in [-0.15, -0.1) is 0 Å². The maximum Gasteiger partial charge on any atom is 0.435 e. The molecule has 136 valence electrons. The minimum Gasteiger partial charge on any atom is -0.492 e. The molecule has 4 nitrogen and oxygen atoms in total. The topological polar surface area (TPSA) is 53.1 Å². The zero-order chi connectivity index (χ0) is 18.7. The zero-order valence-electron chi connectivity index (χ0n) is 13.5. The van der Waals surface area contributed by atoms with E-state index in [-0.39, 0.29) is 0 Å². The minimum atomic E-state index is -4.55. The second-order valence-corrected chi connectivity index (χ2v) is 5.90. The van der Waals surface area contributed by atoms with Crippen molar-refractivity contribution in [1.29, 1.82) is 0 Å². The van der Waals surface area contributed by atoms with Crippen molar-refractivity contribution in [2.75, 3.05) is 13.2 Å². The highest BCUT2D eigenvalue weighted by molar-refractivity contribution is 6.30. The van der Waals surface area contributed by atoms with Crippen LogP contribution in [0.25, 0.3) is 16.9 Å². The fourth-order valence-corrected chi connectivity index (χ4v) is 2.53. The van der Waals surface area contributed by atoms with Crippen molar-refractivity contribution >= 4 is 11.6 Å². The molecule has 1 heterocycles. The molecular formula is C18H15ClF3N3O. The molecule has 8 heteroatoms. The van der Waals surface area contributed by atoms with Crippen molar-refractivity contribution in [3.63, 3.8) is 0 Å². The lowest BCUT2D eigenvalue weighted by molar-refractivity contribution is -0.141. The van der Waals surface area contributed by atoms with Gasteiger partial charge in [-0.05, 0) is 54.6 Å². The Morgan fingerprint density at radius 3 is 2.27 bits per heavy atom. The summed E-state index contributed by atoms with van der Waals surface area (Å²) in [5.74, 6) is 0.591. The Bertz CT molecular complexity index is 874. The lowest BCUT2D eigenvalue weighted by atomic mass is 10.1. The average molecular weight is 382 g/mol. The molecule has 0 spiro atoms. The number of nitrogens with zero attached hydrogens (tertiary/aromatic N) is 2. The lowest BCUT2D eigenvalue weighted by Crippen LogP contribution is -2.10. The molecule has 0 saturated carbocycles. The van der Waals surface area contributed by atoms with Crippen LogP contribution in [0.4, 0.5) is 13.2 Å². The van der Waals surface area contributed by atoms with Gasteiger partial charge < -0.3 is 10.5 Å². The van der Waals surface area contributed by atoms with Crippen molar-refractivity contribution in [3.8, 4) is 22.7 Å². The van der Waals surface area contributed by atoms with Crippen LogP contribution in [0, 0.1) is 0 Å². The van der Waals surface area contributed by atoms with E-state index in [4.69, 9.17) is 22.1 Å². The summed E-state index contributed by atoms with van der Waals surface area (Å²) in [5, 5.41) is 4.22. The molecule has 3 aromatic rings. The summed E-state index contributed by atoms with van der Waals surface area (Å²) in [4.78, 5) is 0. The van der Waals surface area contributed by atoms with Crippen LogP contribution >= 0.6 is 11.6 Å². The molecule has 0 radical (unpaired) electrons. The van der Waals surface area contributed by atoms with E-state index in [0.717, 1.165) is 6.07 Å². The molecule has 0 bridgehead atoms. The van der Waals surface area contributed by atoms with Gasteiger partial charge in [-0.1, -0.05) is 11.6 Å². The molecule has 0 aliphatic rings. The third-order valence-electron chi connectivity index (χ3n) is 3.61. The number of alkyl halides is 3. The third-order valence-corrected chi connectivity index (χ3v) is 3.86. The first-order chi connectivity index (χ1) is 12.4. The standard InChI is InChI=1S/C18H15ClF3N3O/c19-13-3-5-14(6-4-13)25-16(11-17(24-25)18(20,21)22)12-1-7-15(8-2-12)26-10-9-23/h1-8,11H,9-10,23H2. The molecule has 0 atom stereocenters. The van der Waals surface area contributed by atoms with Crippen molar-refractivity contribution in [1.82, 2.24) is 9.78 Å². The van der Waals surface area contributed by atoms with Gasteiger partial charge >= 0.3 is 6.18 Å². The van der Waals surface area contributed by atoms with Gasteiger partial charge in [0.15, 0.2) is 5.69 Å². The molecule has 3 rings (SSSR count). The zero-order valence-corrected chi connectivity index (χ0v) is 14.3. The second-order valence-electron chi connectivity index (χ2n) is 5.46. The normalized spacial score (nSPS) is 11.6. The number of nitrogens with two attached hydrogens (primary N) is 1. The molecule has 0 fully saturated rings. The van der Waals surface area contributed by atoms with Crippen LogP contribution in [-0.2, 0) is 6.18 Å². The summed E-state index contributed by atoms with van der Waals surface area (Å²) >= 11 is 5.86. The van der Waals surface area contributed by atoms with E-state index in [2.05, 4.69) is 5.10 Å². The first-order valence-electron chi connectivity index (χ1n) is 7.75. The Kier molecular flexibility index (Phi) is 5.20. The Morgan fingerprint density at radius 2 is 1.69 bits per heavy atom. The summed E-state index contributed by atoms with van der Waals surface area (Å²) in [6, 6.07) is 14.1. The van der Waals surface area contributed by atoms with Gasteiger partial charge in [-0.3, -0.25) is 0 Å². The smallest absolute Gasteiger partial charge is 0.435 e. The SMILES string of the molecule is NCCOc1ccc(-c2cc(C(F)(F)F)nn2-c2ccc(Cl)cc2)cc1. The van der Waals surface area contributed by atoms with Gasteiger partial charge in [-0.25, -0.2) is 4.68 Å². The van der Waals surface area contributed by atoms with Gasteiger partial charge in [0, 0.05) is 17.1 Å². The highest BCUT2D eigenvalue weighted by Crippen LogP contribution is 2.33. The first-order valence-corrected chi connectivity index (χ1v) is 8.13. The monoisotopic (exact) mass is 381 g/mol. The van der Waals surface area contributed by atoms with Gasteiger partial charge in [0.05, 0.1) is 11.4 Å². The molecule has 2 aromatic carbocycles. The van der Waals surface area contributed by atoms with E-state index in [9.17, 15) is 13.2 Å². The Balaban J connectivity index is 2.04. The van der Waals surface area contributed by atoms with E-state index < -0.39 is 11.9 Å². The highest BCUT2D eigenvalue weighted by atomic mass is 35.5. The highest BCUT2D eigenvalue weighted by Gasteiger charge is 2.35. The fraction of sp³-hybridized carbons (Fsp3) is 0.167. The molecule has 0 unspecified atom stereocenters. The van der Waals surface area contributed by atoms with E-state index in [0.29, 0.717) is 40.9 Å². The van der Waals surface area contributed by atoms with Crippen LogP contribution in [-0.4, -0.2) is 22.9 Å². The van der Waals surface area contributed by atoms with Gasteiger partial charge in [0.2, 0.25) is 0 Å². The second kappa shape index (κ2) is 7.39. The van der Waals surface area contributed by atoms with Crippen molar-refractivity contribution in [2.24, 2.45) is 5.73 Å². The predicted octanol–water partition coefficient (Wildman–Crippen LogP) is 4.55. The van der Waals surface area contributed by atoms with E-state index in [1.807, 2.05) is 0 Å². The maximum absolute atomic E-state index is 13.2. The number of rotatable bonds is 5. The van der Waals surface area contributed by atoms with Gasteiger partial charge in [-0.2, -0.15) is 18.3 Å². The Labute approximate surface area is 153 Å². The molecule has 0 amide bonds. The van der Waals surface area contributed by atoms with Crippen LogP contribution in [0.15, 0.2) is 54.6 Å². The van der Waals surface area contributed by atoms with Crippen LogP contribution in [0.2, 0.25) is 5.02 Å². The summed E-state index contributed by atoms with van der Waals surface area (Å²) in [7, 11) is 0. The number of halogens is 4. The number of hydrogen-bond acceptors (Lipinski definition) is 3. The number of hydrogen-bond donors (Lipinski definition) is 1. The van der Waals surface area contributed by atoms with Crippen molar-refractivity contribution in [2.45, 2.75) is 6.18 Å². The van der Waals surface area contributed by atoms with E-state index in [1.165, 1.54) is 4.68 Å². The number of benzene rings is 2. The quantitative estimate of drug-likeness (QED) is 0.705. The maximum atomic E-state index is 13.2. The van der Waals surface area contributed by atoms with Crippen LogP contribution in [0.1, 0.15) is 5.69 Å². The number of aromatic nitrogens is 2. The summed E-state index contributed by atoms with van der Waals surface area (Å²) < 4.78 is 46.1. The average Bonchev–Trinajstić information content (AvgIpc) is 3.07. The van der Waals surface area contributed by atoms with E-state index in [1.54, 1.807) is 48.5 Å². The molecule has 0 aliphatic carbocycles. The van der Waals surface area contributed by atoms with Crippen LogP contribution in [0.3, 0.4) is 0 Å². The molecule has 0 saturated heterocycles. The Morgan fingerprint density at radius 1 is 1.04 bits per heavy atom. The molecule has 1 aromatic heterocycles. The summed E-state index contributed by atoms with van der Waals surface area (Å²) in [6.45, 7) is 0.736. The van der Waals surface area contributed by atoms with Gasteiger partial charge in [0.1, 0.15) is 12.4 Å². The molecule has 2 N–H and O–H groups in total. The van der Waals surface area contributed by atoms with Crippen LogP contribution < -0.4 is 10.5 Å².